The first-order chi connectivity index (χ1) is 8.74. The number of methoxy groups -OCH3 is 1. The van der Waals surface area contributed by atoms with Crippen LogP contribution in [0.3, 0.4) is 0 Å². The van der Waals surface area contributed by atoms with Gasteiger partial charge in [0.05, 0.1) is 17.7 Å². The molecule has 4 nitrogen and oxygen atoms in total. The average molecular weight is 277 g/mol. The van der Waals surface area contributed by atoms with Gasteiger partial charge in [-0.3, -0.25) is 0 Å². The summed E-state index contributed by atoms with van der Waals surface area (Å²) in [6.07, 6.45) is -5.13. The van der Waals surface area contributed by atoms with Crippen LogP contribution in [0.1, 0.15) is 22.8 Å². The summed E-state index contributed by atoms with van der Waals surface area (Å²) < 4.78 is 47.4. The third-order valence-electron chi connectivity index (χ3n) is 2.23. The molecule has 1 atom stereocenters. The molecule has 0 saturated heterocycles. The van der Waals surface area contributed by atoms with Crippen LogP contribution in [0.2, 0.25) is 0 Å². The summed E-state index contributed by atoms with van der Waals surface area (Å²) >= 11 is 0. The van der Waals surface area contributed by atoms with Crippen LogP contribution in [0.4, 0.5) is 18.9 Å². The number of anilines is 1. The number of carbonyl (C=O) groups is 1. The van der Waals surface area contributed by atoms with Crippen molar-refractivity contribution in [3.63, 3.8) is 0 Å². The highest BCUT2D eigenvalue weighted by molar-refractivity contribution is 5.90. The maximum Gasteiger partial charge on any atom is 0.416 e. The maximum atomic E-state index is 12.6. The molecule has 1 unspecified atom stereocenters. The monoisotopic (exact) mass is 277 g/mol. The topological polar surface area (TPSA) is 61.5 Å². The minimum Gasteiger partial charge on any atom is -0.457 e. The number of hydrogen-bond donors (Lipinski definition) is 1. The minimum atomic E-state index is -4.57. The second-order valence-corrected chi connectivity index (χ2v) is 4.01. The van der Waals surface area contributed by atoms with Crippen molar-refractivity contribution in [3.05, 3.63) is 29.3 Å². The number of esters is 1. The van der Waals surface area contributed by atoms with Crippen molar-refractivity contribution in [2.45, 2.75) is 19.2 Å². The Morgan fingerprint density at radius 1 is 1.37 bits per heavy atom. The number of ether oxygens (including phenoxy) is 2. The van der Waals surface area contributed by atoms with Gasteiger partial charge >= 0.3 is 12.1 Å². The van der Waals surface area contributed by atoms with Gasteiger partial charge in [-0.2, -0.15) is 13.2 Å². The quantitative estimate of drug-likeness (QED) is 0.678. The molecule has 1 aromatic rings. The molecule has 0 aromatic heterocycles. The van der Waals surface area contributed by atoms with E-state index in [0.29, 0.717) is 6.07 Å². The maximum absolute atomic E-state index is 12.6. The molecule has 0 saturated carbocycles. The van der Waals surface area contributed by atoms with Crippen molar-refractivity contribution in [2.75, 3.05) is 19.5 Å². The summed E-state index contributed by atoms with van der Waals surface area (Å²) in [6.45, 7) is 1.72. The van der Waals surface area contributed by atoms with E-state index >= 15 is 0 Å². The zero-order chi connectivity index (χ0) is 14.6. The van der Waals surface area contributed by atoms with Crippen LogP contribution in [-0.2, 0) is 15.7 Å². The van der Waals surface area contributed by atoms with Gasteiger partial charge in [-0.25, -0.2) is 4.79 Å². The molecule has 0 heterocycles. The van der Waals surface area contributed by atoms with E-state index in [0.717, 1.165) is 12.1 Å². The molecule has 0 fully saturated rings. The molecule has 0 bridgehead atoms. The summed E-state index contributed by atoms with van der Waals surface area (Å²) in [5, 5.41) is 0. The fraction of sp³-hybridized carbons (Fsp3) is 0.417. The summed E-state index contributed by atoms with van der Waals surface area (Å²) in [7, 11) is 1.42. The Balaban J connectivity index is 2.95. The molecule has 7 heteroatoms. The van der Waals surface area contributed by atoms with E-state index in [2.05, 4.69) is 0 Å². The van der Waals surface area contributed by atoms with E-state index in [1.54, 1.807) is 6.92 Å². The van der Waals surface area contributed by atoms with Crippen molar-refractivity contribution >= 4 is 11.7 Å². The number of hydrogen-bond acceptors (Lipinski definition) is 4. The van der Waals surface area contributed by atoms with E-state index in [1.807, 2.05) is 0 Å². The molecule has 2 N–H and O–H groups in total. The zero-order valence-corrected chi connectivity index (χ0v) is 10.5. The Morgan fingerprint density at radius 3 is 2.53 bits per heavy atom. The van der Waals surface area contributed by atoms with Crippen LogP contribution in [0, 0.1) is 0 Å². The Hall–Kier alpha value is -1.76. The van der Waals surface area contributed by atoms with Gasteiger partial charge in [-0.1, -0.05) is 0 Å². The predicted molar refractivity (Wildman–Crippen MR) is 62.6 cm³/mol. The minimum absolute atomic E-state index is 0.152. The van der Waals surface area contributed by atoms with Gasteiger partial charge in [-0.05, 0) is 25.1 Å². The first-order valence-corrected chi connectivity index (χ1v) is 5.41. The van der Waals surface area contributed by atoms with Crippen LogP contribution < -0.4 is 5.73 Å². The normalized spacial score (nSPS) is 13.1. The van der Waals surface area contributed by atoms with Crippen molar-refractivity contribution in [2.24, 2.45) is 0 Å². The number of alkyl halides is 3. The average Bonchev–Trinajstić information content (AvgIpc) is 2.27. The predicted octanol–water partition coefficient (Wildman–Crippen LogP) is 2.48. The lowest BCUT2D eigenvalue weighted by Gasteiger charge is -2.14. The fourth-order valence-electron chi connectivity index (χ4n) is 1.45. The first kappa shape index (κ1) is 15.3. The molecule has 19 heavy (non-hydrogen) atoms. The summed E-state index contributed by atoms with van der Waals surface area (Å²) in [5.41, 5.74) is 3.97. The third-order valence-corrected chi connectivity index (χ3v) is 2.23. The smallest absolute Gasteiger partial charge is 0.416 e. The van der Waals surface area contributed by atoms with Crippen molar-refractivity contribution in [3.8, 4) is 0 Å². The second-order valence-electron chi connectivity index (χ2n) is 4.01. The van der Waals surface area contributed by atoms with Crippen LogP contribution in [-0.4, -0.2) is 25.8 Å². The van der Waals surface area contributed by atoms with E-state index in [-0.39, 0.29) is 17.9 Å². The summed E-state index contributed by atoms with van der Waals surface area (Å²) in [4.78, 5) is 11.7. The van der Waals surface area contributed by atoms with Crippen molar-refractivity contribution in [1.29, 1.82) is 0 Å². The molecular weight excluding hydrogens is 263 g/mol. The number of rotatable bonds is 4. The molecule has 1 rings (SSSR count). The van der Waals surface area contributed by atoms with E-state index in [9.17, 15) is 18.0 Å². The summed E-state index contributed by atoms with van der Waals surface area (Å²) in [5.74, 6) is -0.873. The molecule has 106 valence electrons. The Morgan fingerprint density at radius 2 is 2.00 bits per heavy atom. The molecule has 0 aliphatic carbocycles. The van der Waals surface area contributed by atoms with Crippen LogP contribution in [0.25, 0.3) is 0 Å². The Bertz CT molecular complexity index is 460. The van der Waals surface area contributed by atoms with E-state index in [4.69, 9.17) is 15.2 Å². The van der Waals surface area contributed by atoms with Crippen LogP contribution in [0.5, 0.6) is 0 Å². The van der Waals surface area contributed by atoms with Gasteiger partial charge in [0, 0.05) is 12.8 Å². The van der Waals surface area contributed by atoms with Gasteiger partial charge < -0.3 is 15.2 Å². The lowest BCUT2D eigenvalue weighted by Crippen LogP contribution is -2.20. The van der Waals surface area contributed by atoms with E-state index < -0.39 is 23.8 Å². The van der Waals surface area contributed by atoms with Crippen LogP contribution >= 0.6 is 0 Å². The molecule has 0 spiro atoms. The SMILES string of the molecule is COCC(C)OC(=O)c1cc(N)cc(C(F)(F)F)c1. The molecular formula is C12H14F3NO3. The number of carbonyl (C=O) groups excluding carboxylic acids is 1. The molecule has 1 aromatic carbocycles. The number of nitrogens with two attached hydrogens (primary N) is 1. The van der Waals surface area contributed by atoms with Gasteiger partial charge in [0.1, 0.15) is 6.10 Å². The number of nitrogen functional groups attached to an aromatic ring is 1. The third kappa shape index (κ3) is 4.44. The molecule has 0 radical (unpaired) electrons. The highest BCUT2D eigenvalue weighted by Gasteiger charge is 2.31. The second kappa shape index (κ2) is 5.92. The van der Waals surface area contributed by atoms with Gasteiger partial charge in [0.15, 0.2) is 0 Å². The zero-order valence-electron chi connectivity index (χ0n) is 10.5. The van der Waals surface area contributed by atoms with Gasteiger partial charge in [0.25, 0.3) is 0 Å². The van der Waals surface area contributed by atoms with Gasteiger partial charge in [0.2, 0.25) is 0 Å². The Kier molecular flexibility index (Phi) is 4.77. The summed E-state index contributed by atoms with van der Waals surface area (Å²) in [6, 6.07) is 2.60. The fourth-order valence-corrected chi connectivity index (χ4v) is 1.45. The molecule has 0 amide bonds. The number of benzene rings is 1. The van der Waals surface area contributed by atoms with Crippen LogP contribution in [0.15, 0.2) is 18.2 Å². The van der Waals surface area contributed by atoms with Crippen molar-refractivity contribution in [1.82, 2.24) is 0 Å². The van der Waals surface area contributed by atoms with Crippen molar-refractivity contribution < 1.29 is 27.4 Å². The molecule has 0 aliphatic rings. The lowest BCUT2D eigenvalue weighted by atomic mass is 10.1. The van der Waals surface area contributed by atoms with E-state index in [1.165, 1.54) is 7.11 Å². The Labute approximate surface area is 108 Å². The number of halogens is 3. The largest absolute Gasteiger partial charge is 0.457 e. The molecule has 0 aliphatic heterocycles. The highest BCUT2D eigenvalue weighted by atomic mass is 19.4. The standard InChI is InChI=1S/C12H14F3NO3/c1-7(6-18-2)19-11(17)8-3-9(12(13,14)15)5-10(16)4-8/h3-5,7H,6,16H2,1-2H3. The van der Waals surface area contributed by atoms with Gasteiger partial charge in [-0.15, -0.1) is 0 Å². The highest BCUT2D eigenvalue weighted by Crippen LogP contribution is 2.31. The first-order valence-electron chi connectivity index (χ1n) is 5.41. The lowest BCUT2D eigenvalue weighted by molar-refractivity contribution is -0.137.